The first-order valence-electron chi connectivity index (χ1n) is 13.7. The molecule has 9 heteroatoms. The molecule has 0 aromatic heterocycles. The molecule has 0 aliphatic carbocycles. The Balaban J connectivity index is 1.89. The number of carbonyl (C=O) groups excluding carboxylic acids is 2. The van der Waals surface area contributed by atoms with Gasteiger partial charge in [-0.2, -0.15) is 0 Å². The maximum absolute atomic E-state index is 13.8. The van der Waals surface area contributed by atoms with Crippen LogP contribution in [0.1, 0.15) is 50.3 Å². The average molecular weight is 582 g/mol. The fourth-order valence-electron chi connectivity index (χ4n) is 4.51. The minimum atomic E-state index is -3.58. The number of sulfonamides is 1. The van der Waals surface area contributed by atoms with Crippen molar-refractivity contribution >= 4 is 27.5 Å². The predicted octanol–water partition coefficient (Wildman–Crippen LogP) is 5.24. The van der Waals surface area contributed by atoms with Crippen LogP contribution in [-0.2, 0) is 32.6 Å². The lowest BCUT2D eigenvalue weighted by Gasteiger charge is -2.34. The van der Waals surface area contributed by atoms with Crippen molar-refractivity contribution in [3.05, 3.63) is 101 Å². The lowest BCUT2D eigenvalue weighted by atomic mass is 10.00. The second kappa shape index (κ2) is 13.8. The number of halogens is 1. The van der Waals surface area contributed by atoms with Crippen LogP contribution in [0.3, 0.4) is 0 Å². The zero-order valence-electron chi connectivity index (χ0n) is 24.4. The highest BCUT2D eigenvalue weighted by atomic mass is 32.2. The molecule has 220 valence electrons. The molecule has 0 bridgehead atoms. The topological polar surface area (TPSA) is 86.8 Å². The molecule has 2 amide bonds. The van der Waals surface area contributed by atoms with Gasteiger partial charge in [0.1, 0.15) is 11.9 Å². The van der Waals surface area contributed by atoms with Crippen molar-refractivity contribution in [2.75, 3.05) is 17.1 Å². The largest absolute Gasteiger partial charge is 0.350 e. The van der Waals surface area contributed by atoms with Crippen molar-refractivity contribution in [2.24, 2.45) is 0 Å². The smallest absolute Gasteiger partial charge is 0.243 e. The van der Waals surface area contributed by atoms with Gasteiger partial charge in [-0.05, 0) is 69.5 Å². The number of anilines is 1. The molecule has 0 aliphatic heterocycles. The number of carbonyl (C=O) groups is 2. The number of nitrogens with zero attached hydrogens (tertiary/aromatic N) is 2. The molecule has 0 fully saturated rings. The van der Waals surface area contributed by atoms with Crippen LogP contribution < -0.4 is 9.62 Å². The normalized spacial score (nSPS) is 12.4. The molecule has 1 unspecified atom stereocenters. The van der Waals surface area contributed by atoms with Crippen molar-refractivity contribution in [3.63, 3.8) is 0 Å². The molecule has 1 N–H and O–H groups in total. The molecular weight excluding hydrogens is 541 g/mol. The van der Waals surface area contributed by atoms with Crippen LogP contribution in [-0.4, -0.2) is 49.5 Å². The number of amides is 2. The summed E-state index contributed by atoms with van der Waals surface area (Å²) in [6, 6.07) is 21.6. The Morgan fingerprint density at radius 2 is 1.51 bits per heavy atom. The van der Waals surface area contributed by atoms with Gasteiger partial charge in [0.2, 0.25) is 21.8 Å². The maximum Gasteiger partial charge on any atom is 0.243 e. The van der Waals surface area contributed by atoms with Gasteiger partial charge in [0.15, 0.2) is 0 Å². The molecule has 0 saturated carbocycles. The number of nitrogens with one attached hydrogen (secondary N) is 1. The average Bonchev–Trinajstić information content (AvgIpc) is 2.89. The van der Waals surface area contributed by atoms with Crippen molar-refractivity contribution < 1.29 is 22.4 Å². The number of rotatable bonds is 12. The van der Waals surface area contributed by atoms with E-state index in [0.29, 0.717) is 11.3 Å². The molecule has 1 atom stereocenters. The highest BCUT2D eigenvalue weighted by Gasteiger charge is 2.32. The third-order valence-electron chi connectivity index (χ3n) is 6.51. The van der Waals surface area contributed by atoms with Crippen molar-refractivity contribution in [2.45, 2.75) is 65.1 Å². The molecule has 41 heavy (non-hydrogen) atoms. The zero-order chi connectivity index (χ0) is 30.2. The summed E-state index contributed by atoms with van der Waals surface area (Å²) < 4.78 is 40.1. The van der Waals surface area contributed by atoms with E-state index in [2.05, 4.69) is 5.32 Å². The van der Waals surface area contributed by atoms with Gasteiger partial charge in [-0.1, -0.05) is 60.2 Å². The molecule has 0 heterocycles. The third-order valence-corrected chi connectivity index (χ3v) is 7.70. The highest BCUT2D eigenvalue weighted by Crippen LogP contribution is 2.21. The Hall–Kier alpha value is -3.72. The summed E-state index contributed by atoms with van der Waals surface area (Å²) in [5.74, 6) is -0.985. The third kappa shape index (κ3) is 10.0. The van der Waals surface area contributed by atoms with Gasteiger partial charge in [-0.3, -0.25) is 13.9 Å². The van der Waals surface area contributed by atoms with E-state index in [4.69, 9.17) is 0 Å². The van der Waals surface area contributed by atoms with Crippen molar-refractivity contribution in [1.29, 1.82) is 0 Å². The van der Waals surface area contributed by atoms with Crippen LogP contribution in [0.5, 0.6) is 0 Å². The van der Waals surface area contributed by atoms with Gasteiger partial charge < -0.3 is 10.2 Å². The molecular formula is C32H40FN3O4S. The second-order valence-corrected chi connectivity index (χ2v) is 13.3. The Bertz CT molecular complexity index is 1400. The summed E-state index contributed by atoms with van der Waals surface area (Å²) in [6.45, 7) is 7.76. The summed E-state index contributed by atoms with van der Waals surface area (Å²) in [5, 5.41) is 3.01. The zero-order valence-corrected chi connectivity index (χ0v) is 25.2. The number of benzene rings is 3. The van der Waals surface area contributed by atoms with Crippen molar-refractivity contribution in [1.82, 2.24) is 10.2 Å². The van der Waals surface area contributed by atoms with Crippen LogP contribution in [0, 0.1) is 12.7 Å². The van der Waals surface area contributed by atoms with E-state index >= 15 is 0 Å². The van der Waals surface area contributed by atoms with Gasteiger partial charge >= 0.3 is 0 Å². The van der Waals surface area contributed by atoms with Gasteiger partial charge in [0.05, 0.1) is 11.9 Å². The molecule has 0 saturated heterocycles. The quantitative estimate of drug-likeness (QED) is 0.317. The monoisotopic (exact) mass is 581 g/mol. The molecule has 0 aliphatic rings. The summed E-state index contributed by atoms with van der Waals surface area (Å²) in [6.07, 6.45) is 1.70. The maximum atomic E-state index is 13.8. The Kier molecular flexibility index (Phi) is 10.7. The molecule has 3 aromatic carbocycles. The minimum Gasteiger partial charge on any atom is -0.350 e. The van der Waals surface area contributed by atoms with E-state index in [1.54, 1.807) is 24.3 Å². The van der Waals surface area contributed by atoms with Gasteiger partial charge in [-0.25, -0.2) is 12.8 Å². The van der Waals surface area contributed by atoms with Crippen LogP contribution in [0.25, 0.3) is 0 Å². The van der Waals surface area contributed by atoms with E-state index in [0.717, 1.165) is 17.4 Å². The van der Waals surface area contributed by atoms with Gasteiger partial charge in [0, 0.05) is 31.5 Å². The number of hydrogen-bond donors (Lipinski definition) is 1. The van der Waals surface area contributed by atoms with Crippen LogP contribution in [0.4, 0.5) is 10.1 Å². The lowest BCUT2D eigenvalue weighted by Crippen LogP contribution is -2.54. The first-order chi connectivity index (χ1) is 19.2. The molecule has 0 radical (unpaired) electrons. The van der Waals surface area contributed by atoms with Crippen LogP contribution in [0.2, 0.25) is 0 Å². The van der Waals surface area contributed by atoms with Crippen LogP contribution >= 0.6 is 0 Å². The Labute approximate surface area is 243 Å². The number of hydrogen-bond acceptors (Lipinski definition) is 4. The van der Waals surface area contributed by atoms with E-state index < -0.39 is 27.4 Å². The summed E-state index contributed by atoms with van der Waals surface area (Å²) >= 11 is 0. The van der Waals surface area contributed by atoms with Gasteiger partial charge in [-0.15, -0.1) is 0 Å². The molecule has 3 rings (SSSR count). The first-order valence-corrected chi connectivity index (χ1v) is 15.5. The standard InChI is InChI=1S/C32H40FN3O4S/c1-24-13-19-28(20-14-24)36(41(5,39)40)21-9-12-30(37)35(23-26-15-17-27(33)18-16-26)29(31(38)34-32(2,3)4)22-25-10-7-6-8-11-25/h6-8,10-11,13-20,29H,9,12,21-23H2,1-5H3,(H,34,38). The molecule has 0 spiro atoms. The van der Waals surface area contributed by atoms with E-state index in [9.17, 15) is 22.4 Å². The summed E-state index contributed by atoms with van der Waals surface area (Å²) in [5.41, 5.74) is 2.58. The SMILES string of the molecule is Cc1ccc(N(CCCC(=O)N(Cc2ccc(F)cc2)C(Cc2ccccc2)C(=O)NC(C)(C)C)S(C)(=O)=O)cc1. The number of aryl methyl sites for hydroxylation is 1. The Morgan fingerprint density at radius 3 is 2.07 bits per heavy atom. The Morgan fingerprint density at radius 1 is 0.902 bits per heavy atom. The minimum absolute atomic E-state index is 0.0210. The highest BCUT2D eigenvalue weighted by molar-refractivity contribution is 7.92. The van der Waals surface area contributed by atoms with Crippen molar-refractivity contribution in [3.8, 4) is 0 Å². The molecule has 3 aromatic rings. The van der Waals surface area contributed by atoms with E-state index in [1.807, 2.05) is 70.2 Å². The summed E-state index contributed by atoms with van der Waals surface area (Å²) in [7, 11) is -3.58. The fourth-order valence-corrected chi connectivity index (χ4v) is 5.47. The second-order valence-electron chi connectivity index (χ2n) is 11.4. The lowest BCUT2D eigenvalue weighted by molar-refractivity contribution is -0.142. The van der Waals surface area contributed by atoms with Crippen LogP contribution in [0.15, 0.2) is 78.9 Å². The first kappa shape index (κ1) is 31.8. The van der Waals surface area contributed by atoms with E-state index in [1.165, 1.54) is 21.3 Å². The van der Waals surface area contributed by atoms with E-state index in [-0.39, 0.29) is 44.2 Å². The summed E-state index contributed by atoms with van der Waals surface area (Å²) in [4.78, 5) is 29.0. The van der Waals surface area contributed by atoms with Gasteiger partial charge in [0.25, 0.3) is 0 Å². The molecule has 7 nitrogen and oxygen atoms in total. The predicted molar refractivity (Wildman–Crippen MR) is 161 cm³/mol. The fraction of sp³-hybridized carbons (Fsp3) is 0.375.